The minimum Gasteiger partial charge on any atom is -0.480 e. The second kappa shape index (κ2) is 16.8. The molecule has 0 bridgehead atoms. The van der Waals surface area contributed by atoms with E-state index in [1.54, 1.807) is 27.7 Å². The first-order chi connectivity index (χ1) is 17.2. The number of carbonyl (C=O) groups excluding carboxylic acids is 6. The fourth-order valence-electron chi connectivity index (χ4n) is 3.00. The lowest BCUT2D eigenvalue weighted by Crippen LogP contribution is -2.59. The Labute approximate surface area is 215 Å². The highest BCUT2D eigenvalue weighted by Gasteiger charge is 2.33. The fraction of sp³-hybridized carbons (Fsp3) is 0.682. The fourth-order valence-corrected chi connectivity index (χ4v) is 3.00. The van der Waals surface area contributed by atoms with Gasteiger partial charge in [0.2, 0.25) is 35.4 Å². The number of hydrogen-bond donors (Lipinski definition) is 8. The molecule has 0 spiro atoms. The topological polar surface area (TPSA) is 252 Å². The van der Waals surface area contributed by atoms with Crippen molar-refractivity contribution < 1.29 is 38.7 Å². The number of rotatable bonds is 17. The van der Waals surface area contributed by atoms with Crippen molar-refractivity contribution in [3.8, 4) is 0 Å². The standard InChI is InChI=1S/C22H39N7O8/c1-5-12(4)19(21(35)27-13(22(36)37)6-7-14(24)30)29-20(34)18(11(2)3)28-17(33)10-26-16(32)9-25-15(31)8-23/h11-13,18-19H,5-10,23H2,1-4H3,(H2,24,30)(H,25,31)(H,26,32)(H,27,35)(H,28,33)(H,29,34)(H,36,37). The molecule has 0 aromatic carbocycles. The SMILES string of the molecule is CCC(C)C(NC(=O)C(NC(=O)CNC(=O)CNC(=O)CN)C(C)C)C(=O)NC(CCC(N)=O)C(=O)O. The highest BCUT2D eigenvalue weighted by molar-refractivity contribution is 5.94. The van der Waals surface area contributed by atoms with Crippen LogP contribution in [0, 0.1) is 11.8 Å². The zero-order valence-corrected chi connectivity index (χ0v) is 21.6. The molecule has 0 aliphatic carbocycles. The van der Waals surface area contributed by atoms with Gasteiger partial charge in [0.05, 0.1) is 19.6 Å². The van der Waals surface area contributed by atoms with Crippen LogP contribution in [0.5, 0.6) is 0 Å². The van der Waals surface area contributed by atoms with Crippen LogP contribution in [0.2, 0.25) is 0 Å². The van der Waals surface area contributed by atoms with Gasteiger partial charge in [-0.15, -0.1) is 0 Å². The number of carboxylic acids is 1. The van der Waals surface area contributed by atoms with Crippen molar-refractivity contribution in [3.63, 3.8) is 0 Å². The molecule has 0 fully saturated rings. The number of nitrogens with two attached hydrogens (primary N) is 2. The van der Waals surface area contributed by atoms with Gasteiger partial charge >= 0.3 is 5.97 Å². The third-order valence-electron chi connectivity index (χ3n) is 5.43. The number of amides is 6. The van der Waals surface area contributed by atoms with Gasteiger partial charge in [-0.05, 0) is 18.3 Å². The summed E-state index contributed by atoms with van der Waals surface area (Å²) in [6.07, 6.45) is -0.0122. The van der Waals surface area contributed by atoms with E-state index in [0.29, 0.717) is 6.42 Å². The number of primary amides is 1. The van der Waals surface area contributed by atoms with Crippen molar-refractivity contribution in [1.29, 1.82) is 0 Å². The zero-order chi connectivity index (χ0) is 28.7. The van der Waals surface area contributed by atoms with E-state index in [9.17, 15) is 38.7 Å². The van der Waals surface area contributed by atoms with Gasteiger partial charge in [-0.3, -0.25) is 28.8 Å². The molecule has 0 aliphatic heterocycles. The number of nitrogens with one attached hydrogen (secondary N) is 5. The number of carboxylic acid groups (broad SMARTS) is 1. The van der Waals surface area contributed by atoms with Gasteiger partial charge in [0.25, 0.3) is 0 Å². The molecular weight excluding hydrogens is 490 g/mol. The van der Waals surface area contributed by atoms with Crippen LogP contribution in [0.1, 0.15) is 47.0 Å². The molecule has 0 saturated carbocycles. The van der Waals surface area contributed by atoms with Crippen molar-refractivity contribution in [3.05, 3.63) is 0 Å². The third kappa shape index (κ3) is 13.2. The Morgan fingerprint density at radius 1 is 0.784 bits per heavy atom. The Bertz CT molecular complexity index is 849. The molecule has 0 heterocycles. The summed E-state index contributed by atoms with van der Waals surface area (Å²) in [5.41, 5.74) is 10.2. The smallest absolute Gasteiger partial charge is 0.326 e. The first-order valence-electron chi connectivity index (χ1n) is 11.9. The molecule has 0 saturated heterocycles. The maximum absolute atomic E-state index is 13.0. The van der Waals surface area contributed by atoms with E-state index in [1.807, 2.05) is 0 Å². The summed E-state index contributed by atoms with van der Waals surface area (Å²) in [4.78, 5) is 83.5. The lowest BCUT2D eigenvalue weighted by atomic mass is 9.96. The highest BCUT2D eigenvalue weighted by atomic mass is 16.4. The monoisotopic (exact) mass is 529 g/mol. The summed E-state index contributed by atoms with van der Waals surface area (Å²) in [7, 11) is 0. The van der Waals surface area contributed by atoms with Gasteiger partial charge in [-0.25, -0.2) is 4.79 Å². The predicted octanol–water partition coefficient (Wildman–Crippen LogP) is -3.32. The van der Waals surface area contributed by atoms with Gasteiger partial charge in [-0.1, -0.05) is 34.1 Å². The van der Waals surface area contributed by atoms with Crippen LogP contribution in [0.25, 0.3) is 0 Å². The Hall–Kier alpha value is -3.75. The molecule has 6 amide bonds. The molecule has 37 heavy (non-hydrogen) atoms. The number of aliphatic carboxylic acids is 1. The third-order valence-corrected chi connectivity index (χ3v) is 5.43. The molecular formula is C22H39N7O8. The first kappa shape index (κ1) is 33.2. The number of carbonyl (C=O) groups is 7. The summed E-state index contributed by atoms with van der Waals surface area (Å²) < 4.78 is 0. The van der Waals surface area contributed by atoms with Crippen LogP contribution < -0.4 is 38.1 Å². The Morgan fingerprint density at radius 2 is 1.32 bits per heavy atom. The predicted molar refractivity (Wildman–Crippen MR) is 131 cm³/mol. The molecule has 0 radical (unpaired) electrons. The zero-order valence-electron chi connectivity index (χ0n) is 21.6. The largest absolute Gasteiger partial charge is 0.480 e. The molecule has 15 nitrogen and oxygen atoms in total. The molecule has 0 rings (SSSR count). The Morgan fingerprint density at radius 3 is 1.81 bits per heavy atom. The van der Waals surface area contributed by atoms with Crippen LogP contribution in [0.15, 0.2) is 0 Å². The Balaban J connectivity index is 5.27. The van der Waals surface area contributed by atoms with Gasteiger partial charge in [0.15, 0.2) is 0 Å². The van der Waals surface area contributed by atoms with Crippen molar-refractivity contribution in [2.24, 2.45) is 23.3 Å². The highest BCUT2D eigenvalue weighted by Crippen LogP contribution is 2.11. The molecule has 4 unspecified atom stereocenters. The summed E-state index contributed by atoms with van der Waals surface area (Å²) in [5.74, 6) is -6.21. The van der Waals surface area contributed by atoms with Gasteiger partial charge < -0.3 is 43.2 Å². The van der Waals surface area contributed by atoms with Crippen molar-refractivity contribution in [2.75, 3.05) is 19.6 Å². The van der Waals surface area contributed by atoms with E-state index in [2.05, 4.69) is 26.6 Å². The van der Waals surface area contributed by atoms with Crippen LogP contribution in [0.3, 0.4) is 0 Å². The molecule has 4 atom stereocenters. The van der Waals surface area contributed by atoms with Crippen molar-refractivity contribution in [2.45, 2.75) is 65.1 Å². The quantitative estimate of drug-likeness (QED) is 0.0937. The van der Waals surface area contributed by atoms with E-state index >= 15 is 0 Å². The Kier molecular flexibility index (Phi) is 15.1. The molecule has 0 aliphatic rings. The second-order valence-electron chi connectivity index (χ2n) is 8.82. The van der Waals surface area contributed by atoms with Crippen molar-refractivity contribution >= 4 is 41.4 Å². The molecule has 0 aromatic rings. The molecule has 10 N–H and O–H groups in total. The lowest BCUT2D eigenvalue weighted by Gasteiger charge is -2.29. The van der Waals surface area contributed by atoms with Crippen LogP contribution >= 0.6 is 0 Å². The van der Waals surface area contributed by atoms with E-state index < -0.39 is 77.9 Å². The summed E-state index contributed by atoms with van der Waals surface area (Å²) in [6, 6.07) is -3.59. The maximum atomic E-state index is 13.0. The maximum Gasteiger partial charge on any atom is 0.326 e. The van der Waals surface area contributed by atoms with E-state index in [1.165, 1.54) is 0 Å². The van der Waals surface area contributed by atoms with Gasteiger partial charge in [0.1, 0.15) is 18.1 Å². The van der Waals surface area contributed by atoms with E-state index in [4.69, 9.17) is 11.5 Å². The van der Waals surface area contributed by atoms with Gasteiger partial charge in [-0.2, -0.15) is 0 Å². The summed E-state index contributed by atoms with van der Waals surface area (Å²) in [6.45, 7) is 5.65. The first-order valence-corrected chi connectivity index (χ1v) is 11.9. The number of hydrogen-bond acceptors (Lipinski definition) is 8. The lowest BCUT2D eigenvalue weighted by molar-refractivity contribution is -0.143. The average molecular weight is 530 g/mol. The van der Waals surface area contributed by atoms with E-state index in [-0.39, 0.29) is 25.9 Å². The van der Waals surface area contributed by atoms with Gasteiger partial charge in [0, 0.05) is 6.42 Å². The minimum absolute atomic E-state index is 0.218. The van der Waals surface area contributed by atoms with Crippen molar-refractivity contribution in [1.82, 2.24) is 26.6 Å². The van der Waals surface area contributed by atoms with Crippen LogP contribution in [-0.2, 0) is 33.6 Å². The normalized spacial score (nSPS) is 13.9. The molecule has 0 aromatic heterocycles. The summed E-state index contributed by atoms with van der Waals surface area (Å²) >= 11 is 0. The summed E-state index contributed by atoms with van der Waals surface area (Å²) in [5, 5.41) is 21.3. The molecule has 210 valence electrons. The van der Waals surface area contributed by atoms with E-state index in [0.717, 1.165) is 0 Å². The second-order valence-corrected chi connectivity index (χ2v) is 8.82. The van der Waals surface area contributed by atoms with Crippen LogP contribution in [0.4, 0.5) is 0 Å². The van der Waals surface area contributed by atoms with Crippen LogP contribution in [-0.4, -0.2) is 84.3 Å². The average Bonchev–Trinajstić information content (AvgIpc) is 2.83. The molecule has 15 heteroatoms. The minimum atomic E-state index is -1.39.